The molecule has 1 fully saturated rings. The number of aromatic hydroxyl groups is 1. The van der Waals surface area contributed by atoms with Crippen LogP contribution in [-0.4, -0.2) is 18.8 Å². The maximum Gasteiger partial charge on any atom is 0.162 e. The maximum absolute atomic E-state index is 10.3. The Bertz CT molecular complexity index is 384. The monoisotopic (exact) mass is 235 g/mol. The molecule has 0 amide bonds. The van der Waals surface area contributed by atoms with E-state index < -0.39 is 0 Å². The van der Waals surface area contributed by atoms with Gasteiger partial charge in [0.1, 0.15) is 0 Å². The molecule has 2 rings (SSSR count). The van der Waals surface area contributed by atoms with Gasteiger partial charge in [-0.05, 0) is 37.4 Å². The van der Waals surface area contributed by atoms with Crippen LogP contribution in [-0.2, 0) is 6.42 Å². The van der Waals surface area contributed by atoms with Gasteiger partial charge < -0.3 is 15.2 Å². The number of benzene rings is 1. The Labute approximate surface area is 103 Å². The van der Waals surface area contributed by atoms with Crippen molar-refractivity contribution in [2.75, 3.05) is 13.7 Å². The summed E-state index contributed by atoms with van der Waals surface area (Å²) in [6, 6.07) is 4.18. The first kappa shape index (κ1) is 12.2. The molecule has 0 radical (unpaired) electrons. The Morgan fingerprint density at radius 1 is 1.41 bits per heavy atom. The first-order valence-corrected chi connectivity index (χ1v) is 6.40. The summed E-state index contributed by atoms with van der Waals surface area (Å²) in [6.45, 7) is 3.15. The van der Waals surface area contributed by atoms with Gasteiger partial charge in [-0.3, -0.25) is 0 Å². The van der Waals surface area contributed by atoms with Crippen molar-refractivity contribution >= 4 is 0 Å². The van der Waals surface area contributed by atoms with E-state index in [-0.39, 0.29) is 6.04 Å². The molecule has 1 aliphatic rings. The van der Waals surface area contributed by atoms with Crippen molar-refractivity contribution in [3.63, 3.8) is 0 Å². The summed E-state index contributed by atoms with van der Waals surface area (Å²) < 4.78 is 5.20. The summed E-state index contributed by atoms with van der Waals surface area (Å²) in [4.78, 5) is 0. The van der Waals surface area contributed by atoms with Crippen LogP contribution in [0.5, 0.6) is 11.5 Å². The normalized spacial score (nSPS) is 20.2. The molecule has 94 valence electrons. The van der Waals surface area contributed by atoms with Crippen LogP contribution < -0.4 is 10.1 Å². The van der Waals surface area contributed by atoms with E-state index in [2.05, 4.69) is 18.3 Å². The molecule has 1 unspecified atom stereocenters. The van der Waals surface area contributed by atoms with E-state index in [9.17, 15) is 5.11 Å². The van der Waals surface area contributed by atoms with Gasteiger partial charge in [0, 0.05) is 11.6 Å². The van der Waals surface area contributed by atoms with Gasteiger partial charge in [0.15, 0.2) is 11.5 Å². The molecule has 0 spiro atoms. The summed E-state index contributed by atoms with van der Waals surface area (Å²) in [5.41, 5.74) is 2.24. The van der Waals surface area contributed by atoms with Crippen molar-refractivity contribution in [2.24, 2.45) is 0 Å². The van der Waals surface area contributed by atoms with E-state index in [0.29, 0.717) is 11.5 Å². The SMILES string of the molecule is CCc1ccc(OC)c(O)c1C1CCCCN1. The fraction of sp³-hybridized carbons (Fsp3) is 0.571. The Balaban J connectivity index is 2.40. The van der Waals surface area contributed by atoms with Gasteiger partial charge in [0.05, 0.1) is 7.11 Å². The van der Waals surface area contributed by atoms with Crippen LogP contribution in [0.3, 0.4) is 0 Å². The lowest BCUT2D eigenvalue weighted by Gasteiger charge is -2.27. The number of phenols is 1. The summed E-state index contributed by atoms with van der Waals surface area (Å²) in [5, 5.41) is 13.8. The molecule has 0 aromatic heterocycles. The number of hydrogen-bond acceptors (Lipinski definition) is 3. The molecule has 3 heteroatoms. The molecule has 1 aliphatic heterocycles. The minimum atomic E-state index is 0.272. The second-order valence-corrected chi connectivity index (χ2v) is 4.55. The van der Waals surface area contributed by atoms with Crippen molar-refractivity contribution in [1.82, 2.24) is 5.32 Å². The molecule has 1 aromatic carbocycles. The number of piperidine rings is 1. The lowest BCUT2D eigenvalue weighted by atomic mass is 9.91. The number of aryl methyl sites for hydroxylation is 1. The Kier molecular flexibility index (Phi) is 3.89. The van der Waals surface area contributed by atoms with E-state index in [1.165, 1.54) is 18.4 Å². The Morgan fingerprint density at radius 2 is 2.24 bits per heavy atom. The van der Waals surface area contributed by atoms with Gasteiger partial charge in [-0.1, -0.05) is 19.4 Å². The second-order valence-electron chi connectivity index (χ2n) is 4.55. The molecule has 17 heavy (non-hydrogen) atoms. The molecular formula is C14H21NO2. The number of phenolic OH excluding ortho intramolecular Hbond substituents is 1. The predicted molar refractivity (Wildman–Crippen MR) is 68.6 cm³/mol. The fourth-order valence-electron chi connectivity index (χ4n) is 2.59. The van der Waals surface area contributed by atoms with Crippen LogP contribution >= 0.6 is 0 Å². The predicted octanol–water partition coefficient (Wildman–Crippen LogP) is 2.78. The lowest BCUT2D eigenvalue weighted by Crippen LogP contribution is -2.27. The largest absolute Gasteiger partial charge is 0.504 e. The molecule has 0 saturated carbocycles. The number of rotatable bonds is 3. The highest BCUT2D eigenvalue weighted by molar-refractivity contribution is 5.51. The number of ether oxygens (including phenoxy) is 1. The van der Waals surface area contributed by atoms with Crippen molar-refractivity contribution in [3.8, 4) is 11.5 Å². The third-order valence-electron chi connectivity index (χ3n) is 3.53. The zero-order valence-corrected chi connectivity index (χ0v) is 10.6. The molecule has 0 bridgehead atoms. The van der Waals surface area contributed by atoms with E-state index in [1.807, 2.05) is 6.07 Å². The fourth-order valence-corrected chi connectivity index (χ4v) is 2.59. The van der Waals surface area contributed by atoms with Gasteiger partial charge in [-0.2, -0.15) is 0 Å². The van der Waals surface area contributed by atoms with Crippen molar-refractivity contribution in [3.05, 3.63) is 23.3 Å². The molecule has 1 aromatic rings. The molecule has 1 atom stereocenters. The van der Waals surface area contributed by atoms with Gasteiger partial charge >= 0.3 is 0 Å². The van der Waals surface area contributed by atoms with Crippen LogP contribution in [0.1, 0.15) is 43.4 Å². The number of methoxy groups -OCH3 is 1. The molecule has 0 aliphatic carbocycles. The minimum Gasteiger partial charge on any atom is -0.504 e. The van der Waals surface area contributed by atoms with Gasteiger partial charge in [-0.15, -0.1) is 0 Å². The summed E-state index contributed by atoms with van der Waals surface area (Å²) in [7, 11) is 1.60. The van der Waals surface area contributed by atoms with Crippen LogP contribution in [0, 0.1) is 0 Å². The van der Waals surface area contributed by atoms with E-state index in [1.54, 1.807) is 7.11 Å². The van der Waals surface area contributed by atoms with Crippen LogP contribution in [0.4, 0.5) is 0 Å². The molecule has 1 saturated heterocycles. The highest BCUT2D eigenvalue weighted by Crippen LogP contribution is 2.39. The third-order valence-corrected chi connectivity index (χ3v) is 3.53. The van der Waals surface area contributed by atoms with E-state index >= 15 is 0 Å². The molecule has 1 heterocycles. The van der Waals surface area contributed by atoms with Crippen LogP contribution in [0.25, 0.3) is 0 Å². The standard InChI is InChI=1S/C14H21NO2/c1-3-10-7-8-12(17-2)14(16)13(10)11-6-4-5-9-15-11/h7-8,11,15-16H,3-6,9H2,1-2H3. The average molecular weight is 235 g/mol. The zero-order chi connectivity index (χ0) is 12.3. The van der Waals surface area contributed by atoms with Gasteiger partial charge in [0.25, 0.3) is 0 Å². The molecule has 3 nitrogen and oxygen atoms in total. The van der Waals surface area contributed by atoms with Crippen LogP contribution in [0.2, 0.25) is 0 Å². The Morgan fingerprint density at radius 3 is 2.82 bits per heavy atom. The zero-order valence-electron chi connectivity index (χ0n) is 10.6. The average Bonchev–Trinajstić information content (AvgIpc) is 2.39. The van der Waals surface area contributed by atoms with Crippen molar-refractivity contribution < 1.29 is 9.84 Å². The van der Waals surface area contributed by atoms with Gasteiger partial charge in [0.2, 0.25) is 0 Å². The van der Waals surface area contributed by atoms with Crippen molar-refractivity contribution in [1.29, 1.82) is 0 Å². The highest BCUT2D eigenvalue weighted by Gasteiger charge is 2.22. The smallest absolute Gasteiger partial charge is 0.162 e. The Hall–Kier alpha value is -1.22. The minimum absolute atomic E-state index is 0.272. The lowest BCUT2D eigenvalue weighted by molar-refractivity contribution is 0.353. The first-order valence-electron chi connectivity index (χ1n) is 6.40. The topological polar surface area (TPSA) is 41.5 Å². The molecular weight excluding hydrogens is 214 g/mol. The van der Waals surface area contributed by atoms with Crippen molar-refractivity contribution in [2.45, 2.75) is 38.6 Å². The highest BCUT2D eigenvalue weighted by atomic mass is 16.5. The summed E-state index contributed by atoms with van der Waals surface area (Å²) >= 11 is 0. The van der Waals surface area contributed by atoms with E-state index in [4.69, 9.17) is 4.74 Å². The maximum atomic E-state index is 10.3. The van der Waals surface area contributed by atoms with Gasteiger partial charge in [-0.25, -0.2) is 0 Å². The van der Waals surface area contributed by atoms with E-state index in [0.717, 1.165) is 24.9 Å². The van der Waals surface area contributed by atoms with Crippen LogP contribution in [0.15, 0.2) is 12.1 Å². The molecule has 2 N–H and O–H groups in total. The number of nitrogens with one attached hydrogen (secondary N) is 1. The first-order chi connectivity index (χ1) is 8.27. The third kappa shape index (κ3) is 2.39. The quantitative estimate of drug-likeness (QED) is 0.846. The summed E-state index contributed by atoms with van der Waals surface area (Å²) in [6.07, 6.45) is 4.47. The summed E-state index contributed by atoms with van der Waals surface area (Å²) in [5.74, 6) is 0.885. The second kappa shape index (κ2) is 5.41. The number of hydrogen-bond donors (Lipinski definition) is 2.